The second-order valence-electron chi connectivity index (χ2n) is 4.54. The number of nitrogens with zero attached hydrogens (tertiary/aromatic N) is 2. The molecule has 0 saturated heterocycles. The maximum Gasteiger partial charge on any atom is 0.305 e. The minimum absolute atomic E-state index is 0.00902. The molecule has 0 radical (unpaired) electrons. The lowest BCUT2D eigenvalue weighted by Gasteiger charge is -2.29. The fourth-order valence-electron chi connectivity index (χ4n) is 1.89. The van der Waals surface area contributed by atoms with Gasteiger partial charge in [0, 0.05) is 24.7 Å². The van der Waals surface area contributed by atoms with Gasteiger partial charge in [0.2, 0.25) is 0 Å². The van der Waals surface area contributed by atoms with Crippen LogP contribution < -0.4 is 9.64 Å². The number of benzene rings is 1. The first-order valence-electron chi connectivity index (χ1n) is 6.17. The minimum Gasteiger partial charge on any atom is -0.495 e. The smallest absolute Gasteiger partial charge is 0.305 e. The Kier molecular flexibility index (Phi) is 5.31. The Morgan fingerprint density at radius 3 is 2.60 bits per heavy atom. The molecule has 0 aliphatic carbocycles. The normalized spacial score (nSPS) is 10.4. The molecule has 0 unspecified atom stereocenters. The van der Waals surface area contributed by atoms with E-state index in [1.807, 2.05) is 13.8 Å². The van der Waals surface area contributed by atoms with E-state index in [2.05, 4.69) is 0 Å². The number of carboxylic acid groups (broad SMARTS) is 1. The molecule has 1 N–H and O–H groups in total. The summed E-state index contributed by atoms with van der Waals surface area (Å²) in [4.78, 5) is 22.9. The molecule has 110 valence electrons. The standard InChI is InChI=1S/C13H18N2O5/c1-9(2)14(7-6-13(16)17)11-8-10(15(18)19)4-5-12(11)20-3/h4-5,8-9H,6-7H2,1-3H3,(H,16,17). The Balaban J connectivity index is 3.18. The van der Waals surface area contributed by atoms with Gasteiger partial charge < -0.3 is 14.7 Å². The van der Waals surface area contributed by atoms with E-state index in [1.165, 1.54) is 25.3 Å². The lowest BCUT2D eigenvalue weighted by molar-refractivity contribution is -0.384. The van der Waals surface area contributed by atoms with Crippen molar-refractivity contribution in [1.29, 1.82) is 0 Å². The van der Waals surface area contributed by atoms with Crippen LogP contribution in [0.4, 0.5) is 11.4 Å². The average molecular weight is 282 g/mol. The summed E-state index contributed by atoms with van der Waals surface area (Å²) in [6.07, 6.45) is -0.0516. The summed E-state index contributed by atoms with van der Waals surface area (Å²) in [5.74, 6) is -0.435. The van der Waals surface area contributed by atoms with Crippen molar-refractivity contribution in [3.05, 3.63) is 28.3 Å². The molecule has 0 atom stereocenters. The van der Waals surface area contributed by atoms with Gasteiger partial charge in [-0.3, -0.25) is 14.9 Å². The van der Waals surface area contributed by atoms with Crippen LogP contribution in [0.3, 0.4) is 0 Å². The summed E-state index contributed by atoms with van der Waals surface area (Å²) in [5.41, 5.74) is 0.472. The second kappa shape index (κ2) is 6.74. The number of hydrogen-bond donors (Lipinski definition) is 1. The third kappa shape index (κ3) is 3.84. The first-order chi connectivity index (χ1) is 9.36. The molecule has 0 amide bonds. The van der Waals surface area contributed by atoms with Crippen LogP contribution >= 0.6 is 0 Å². The van der Waals surface area contributed by atoms with E-state index in [4.69, 9.17) is 9.84 Å². The van der Waals surface area contributed by atoms with E-state index < -0.39 is 10.9 Å². The summed E-state index contributed by atoms with van der Waals surface area (Å²) < 4.78 is 5.21. The quantitative estimate of drug-likeness (QED) is 0.609. The Morgan fingerprint density at radius 2 is 2.15 bits per heavy atom. The molecule has 0 heterocycles. The van der Waals surface area contributed by atoms with Crippen molar-refractivity contribution in [3.8, 4) is 5.75 Å². The number of ether oxygens (including phenoxy) is 1. The Labute approximate surface area is 116 Å². The van der Waals surface area contributed by atoms with Gasteiger partial charge in [-0.25, -0.2) is 0 Å². The van der Waals surface area contributed by atoms with E-state index in [1.54, 1.807) is 4.90 Å². The second-order valence-corrected chi connectivity index (χ2v) is 4.54. The molecule has 0 aliphatic heterocycles. The average Bonchev–Trinajstić information content (AvgIpc) is 2.37. The summed E-state index contributed by atoms with van der Waals surface area (Å²) in [6, 6.07) is 4.27. The monoisotopic (exact) mass is 282 g/mol. The fraction of sp³-hybridized carbons (Fsp3) is 0.462. The van der Waals surface area contributed by atoms with Gasteiger partial charge in [-0.2, -0.15) is 0 Å². The molecule has 0 aliphatic rings. The zero-order valence-electron chi connectivity index (χ0n) is 11.7. The number of hydrogen-bond acceptors (Lipinski definition) is 5. The van der Waals surface area contributed by atoms with Crippen molar-refractivity contribution < 1.29 is 19.6 Å². The summed E-state index contributed by atoms with van der Waals surface area (Å²) in [7, 11) is 1.47. The number of methoxy groups -OCH3 is 1. The van der Waals surface area contributed by atoms with Crippen LogP contribution in [0.25, 0.3) is 0 Å². The molecule has 7 nitrogen and oxygen atoms in total. The van der Waals surface area contributed by atoms with Gasteiger partial charge in [0.05, 0.1) is 24.1 Å². The molecular formula is C13H18N2O5. The van der Waals surface area contributed by atoms with Crippen molar-refractivity contribution in [2.24, 2.45) is 0 Å². The first-order valence-corrected chi connectivity index (χ1v) is 6.17. The molecule has 7 heteroatoms. The molecule has 0 bridgehead atoms. The third-order valence-corrected chi connectivity index (χ3v) is 2.87. The Morgan fingerprint density at radius 1 is 1.50 bits per heavy atom. The summed E-state index contributed by atoms with van der Waals surface area (Å²) >= 11 is 0. The molecule has 1 rings (SSSR count). The van der Waals surface area contributed by atoms with E-state index in [-0.39, 0.29) is 24.7 Å². The fourth-order valence-corrected chi connectivity index (χ4v) is 1.89. The number of nitro benzene ring substituents is 1. The van der Waals surface area contributed by atoms with E-state index in [0.29, 0.717) is 11.4 Å². The van der Waals surface area contributed by atoms with Gasteiger partial charge in [0.15, 0.2) is 0 Å². The van der Waals surface area contributed by atoms with Crippen LogP contribution in [0.1, 0.15) is 20.3 Å². The molecule has 0 fully saturated rings. The number of rotatable bonds is 7. The van der Waals surface area contributed by atoms with Crippen LogP contribution in [0.5, 0.6) is 5.75 Å². The maximum absolute atomic E-state index is 10.9. The topological polar surface area (TPSA) is 92.9 Å². The van der Waals surface area contributed by atoms with Crippen molar-refractivity contribution in [2.75, 3.05) is 18.6 Å². The van der Waals surface area contributed by atoms with Crippen molar-refractivity contribution in [1.82, 2.24) is 0 Å². The van der Waals surface area contributed by atoms with Gasteiger partial charge >= 0.3 is 5.97 Å². The molecule has 0 spiro atoms. The predicted molar refractivity (Wildman–Crippen MR) is 74.4 cm³/mol. The number of carbonyl (C=O) groups is 1. The summed E-state index contributed by atoms with van der Waals surface area (Å²) in [6.45, 7) is 4.03. The molecular weight excluding hydrogens is 264 g/mol. The number of non-ortho nitro benzene ring substituents is 1. The zero-order valence-corrected chi connectivity index (χ0v) is 11.7. The maximum atomic E-state index is 10.9. The van der Waals surface area contributed by atoms with Crippen LogP contribution in [-0.2, 0) is 4.79 Å². The Hall–Kier alpha value is -2.31. The van der Waals surface area contributed by atoms with E-state index in [0.717, 1.165) is 0 Å². The lowest BCUT2D eigenvalue weighted by atomic mass is 10.2. The predicted octanol–water partition coefficient (Wildman–Crippen LogP) is 2.29. The summed E-state index contributed by atoms with van der Waals surface area (Å²) in [5, 5.41) is 19.7. The minimum atomic E-state index is -0.917. The lowest BCUT2D eigenvalue weighted by Crippen LogP contribution is -2.33. The van der Waals surface area contributed by atoms with Gasteiger partial charge in [0.1, 0.15) is 5.75 Å². The molecule has 1 aromatic rings. The van der Waals surface area contributed by atoms with Gasteiger partial charge in [-0.1, -0.05) is 0 Å². The molecule has 1 aromatic carbocycles. The number of aliphatic carboxylic acids is 1. The zero-order chi connectivity index (χ0) is 15.3. The van der Waals surface area contributed by atoms with Gasteiger partial charge in [-0.05, 0) is 19.9 Å². The van der Waals surface area contributed by atoms with Gasteiger partial charge in [-0.15, -0.1) is 0 Å². The highest BCUT2D eigenvalue weighted by molar-refractivity contribution is 5.69. The highest BCUT2D eigenvalue weighted by atomic mass is 16.6. The third-order valence-electron chi connectivity index (χ3n) is 2.87. The van der Waals surface area contributed by atoms with E-state index >= 15 is 0 Å². The molecule has 0 aromatic heterocycles. The number of nitro groups is 1. The van der Waals surface area contributed by atoms with Crippen molar-refractivity contribution in [3.63, 3.8) is 0 Å². The highest BCUT2D eigenvalue weighted by Crippen LogP contribution is 2.33. The highest BCUT2D eigenvalue weighted by Gasteiger charge is 2.19. The molecule has 20 heavy (non-hydrogen) atoms. The van der Waals surface area contributed by atoms with Crippen molar-refractivity contribution >= 4 is 17.3 Å². The van der Waals surface area contributed by atoms with Crippen LogP contribution in [-0.4, -0.2) is 35.7 Å². The SMILES string of the molecule is COc1ccc([N+](=O)[O-])cc1N(CCC(=O)O)C(C)C. The van der Waals surface area contributed by atoms with Crippen LogP contribution in [0.15, 0.2) is 18.2 Å². The first kappa shape index (κ1) is 15.7. The Bertz CT molecular complexity index is 502. The number of carboxylic acids is 1. The van der Waals surface area contributed by atoms with Gasteiger partial charge in [0.25, 0.3) is 5.69 Å². The number of anilines is 1. The van der Waals surface area contributed by atoms with Crippen molar-refractivity contribution in [2.45, 2.75) is 26.3 Å². The van der Waals surface area contributed by atoms with E-state index in [9.17, 15) is 14.9 Å². The van der Waals surface area contributed by atoms with Crippen LogP contribution in [0.2, 0.25) is 0 Å². The largest absolute Gasteiger partial charge is 0.495 e. The van der Waals surface area contributed by atoms with Crippen LogP contribution in [0, 0.1) is 10.1 Å². The molecule has 0 saturated carbocycles.